The van der Waals surface area contributed by atoms with Crippen molar-refractivity contribution in [1.29, 1.82) is 0 Å². The number of nitrogen functional groups attached to an aromatic ring is 1. The van der Waals surface area contributed by atoms with Crippen LogP contribution in [0.5, 0.6) is 11.5 Å². The Labute approximate surface area is 121 Å². The summed E-state index contributed by atoms with van der Waals surface area (Å²) in [6.45, 7) is 0.447. The zero-order valence-electron chi connectivity index (χ0n) is 11.2. The van der Waals surface area contributed by atoms with Crippen LogP contribution >= 0.6 is 0 Å². The first-order chi connectivity index (χ1) is 10.1. The van der Waals surface area contributed by atoms with E-state index >= 15 is 0 Å². The van der Waals surface area contributed by atoms with Crippen LogP contribution in [0.1, 0.15) is 10.4 Å². The van der Waals surface area contributed by atoms with E-state index in [1.807, 2.05) is 0 Å². The highest BCUT2D eigenvalue weighted by molar-refractivity contribution is 5.94. The average molecular weight is 290 g/mol. The number of phenols is 1. The molecule has 0 atom stereocenters. The second kappa shape index (κ2) is 6.60. The molecule has 0 saturated carbocycles. The predicted molar refractivity (Wildman–Crippen MR) is 76.7 cm³/mol. The Bertz CT molecular complexity index is 647. The number of halogens is 1. The summed E-state index contributed by atoms with van der Waals surface area (Å²) < 4.78 is 18.8. The van der Waals surface area contributed by atoms with Crippen LogP contribution in [-0.4, -0.2) is 24.2 Å². The van der Waals surface area contributed by atoms with Gasteiger partial charge in [0.05, 0.1) is 12.1 Å². The van der Waals surface area contributed by atoms with E-state index in [-0.39, 0.29) is 24.5 Å². The van der Waals surface area contributed by atoms with Gasteiger partial charge >= 0.3 is 0 Å². The van der Waals surface area contributed by atoms with Gasteiger partial charge in [-0.05, 0) is 24.3 Å². The number of carbonyl (C=O) groups excluding carboxylic acids is 1. The summed E-state index contributed by atoms with van der Waals surface area (Å²) in [6.07, 6.45) is 0. The Hall–Kier alpha value is -2.76. The molecule has 0 aliphatic heterocycles. The fourth-order valence-corrected chi connectivity index (χ4v) is 1.72. The van der Waals surface area contributed by atoms with Crippen molar-refractivity contribution in [1.82, 2.24) is 5.32 Å². The van der Waals surface area contributed by atoms with Crippen LogP contribution < -0.4 is 15.8 Å². The minimum atomic E-state index is -0.774. The van der Waals surface area contributed by atoms with E-state index in [1.165, 1.54) is 12.1 Å². The predicted octanol–water partition coefficient (Wildman–Crippen LogP) is 1.92. The molecule has 4 N–H and O–H groups in total. The third-order valence-electron chi connectivity index (χ3n) is 2.71. The molecule has 0 spiro atoms. The molecule has 0 saturated heterocycles. The number of rotatable bonds is 5. The molecule has 21 heavy (non-hydrogen) atoms. The van der Waals surface area contributed by atoms with Gasteiger partial charge in [-0.25, -0.2) is 4.39 Å². The van der Waals surface area contributed by atoms with E-state index in [2.05, 4.69) is 5.32 Å². The zero-order chi connectivity index (χ0) is 15.2. The molecule has 0 bridgehead atoms. The van der Waals surface area contributed by atoms with Gasteiger partial charge in [-0.1, -0.05) is 6.07 Å². The van der Waals surface area contributed by atoms with Gasteiger partial charge < -0.3 is 20.9 Å². The van der Waals surface area contributed by atoms with Crippen molar-refractivity contribution in [3.63, 3.8) is 0 Å². The highest BCUT2D eigenvalue weighted by atomic mass is 19.1. The number of aromatic hydroxyl groups is 1. The third-order valence-corrected chi connectivity index (χ3v) is 2.71. The SMILES string of the molecule is Nc1cccc(OCCNC(=O)c2ccc(O)cc2F)c1. The summed E-state index contributed by atoms with van der Waals surface area (Å²) in [7, 11) is 0. The molecule has 0 aliphatic carbocycles. The number of nitrogens with one attached hydrogen (secondary N) is 1. The lowest BCUT2D eigenvalue weighted by atomic mass is 10.2. The van der Waals surface area contributed by atoms with Gasteiger partial charge in [-0.15, -0.1) is 0 Å². The largest absolute Gasteiger partial charge is 0.508 e. The lowest BCUT2D eigenvalue weighted by Gasteiger charge is -2.08. The third kappa shape index (κ3) is 4.10. The van der Waals surface area contributed by atoms with Gasteiger partial charge in [0, 0.05) is 17.8 Å². The van der Waals surface area contributed by atoms with Crippen molar-refractivity contribution >= 4 is 11.6 Å². The molecule has 0 unspecified atom stereocenters. The van der Waals surface area contributed by atoms with Crippen LogP contribution in [0.25, 0.3) is 0 Å². The Balaban J connectivity index is 1.82. The average Bonchev–Trinajstić information content (AvgIpc) is 2.43. The minimum absolute atomic E-state index is 0.128. The van der Waals surface area contributed by atoms with Crippen LogP contribution in [-0.2, 0) is 0 Å². The van der Waals surface area contributed by atoms with E-state index < -0.39 is 11.7 Å². The maximum atomic E-state index is 13.5. The summed E-state index contributed by atoms with van der Waals surface area (Å²) in [4.78, 5) is 11.7. The van der Waals surface area contributed by atoms with Crippen molar-refractivity contribution < 1.29 is 19.0 Å². The van der Waals surface area contributed by atoms with E-state index in [9.17, 15) is 9.18 Å². The van der Waals surface area contributed by atoms with Gasteiger partial charge in [0.1, 0.15) is 23.9 Å². The van der Waals surface area contributed by atoms with E-state index in [0.717, 1.165) is 6.07 Å². The fourth-order valence-electron chi connectivity index (χ4n) is 1.72. The van der Waals surface area contributed by atoms with Gasteiger partial charge in [0.15, 0.2) is 0 Å². The van der Waals surface area contributed by atoms with Crippen molar-refractivity contribution in [2.45, 2.75) is 0 Å². The van der Waals surface area contributed by atoms with Crippen molar-refractivity contribution in [3.05, 3.63) is 53.8 Å². The van der Waals surface area contributed by atoms with Gasteiger partial charge in [0.25, 0.3) is 5.91 Å². The molecule has 0 radical (unpaired) electrons. The number of phenolic OH excluding ortho intramolecular Hbond substituents is 1. The molecule has 0 fully saturated rings. The maximum Gasteiger partial charge on any atom is 0.254 e. The van der Waals surface area contributed by atoms with Crippen LogP contribution in [0.15, 0.2) is 42.5 Å². The lowest BCUT2D eigenvalue weighted by molar-refractivity contribution is 0.0943. The van der Waals surface area contributed by atoms with Crippen molar-refractivity contribution in [2.24, 2.45) is 0 Å². The second-order valence-electron chi connectivity index (χ2n) is 4.34. The first-order valence-corrected chi connectivity index (χ1v) is 6.31. The number of hydrogen-bond donors (Lipinski definition) is 3. The maximum absolute atomic E-state index is 13.5. The molecule has 2 aromatic carbocycles. The summed E-state index contributed by atoms with van der Waals surface area (Å²) in [5, 5.41) is 11.6. The fraction of sp³-hybridized carbons (Fsp3) is 0.133. The smallest absolute Gasteiger partial charge is 0.254 e. The van der Waals surface area contributed by atoms with Crippen LogP contribution in [0.2, 0.25) is 0 Å². The van der Waals surface area contributed by atoms with Gasteiger partial charge in [0.2, 0.25) is 0 Å². The molecule has 1 amide bonds. The molecular weight excluding hydrogens is 275 g/mol. The quantitative estimate of drug-likeness (QED) is 0.580. The summed E-state index contributed by atoms with van der Waals surface area (Å²) in [5.74, 6) is -0.970. The first-order valence-electron chi connectivity index (χ1n) is 6.31. The number of hydrogen-bond acceptors (Lipinski definition) is 4. The molecule has 110 valence electrons. The number of amides is 1. The normalized spacial score (nSPS) is 10.1. The minimum Gasteiger partial charge on any atom is -0.508 e. The molecule has 2 aromatic rings. The van der Waals surface area contributed by atoms with E-state index in [1.54, 1.807) is 24.3 Å². The van der Waals surface area contributed by atoms with Crippen LogP contribution in [0, 0.1) is 5.82 Å². The number of carbonyl (C=O) groups is 1. The van der Waals surface area contributed by atoms with E-state index in [0.29, 0.717) is 11.4 Å². The summed E-state index contributed by atoms with van der Waals surface area (Å²) in [6, 6.07) is 10.3. The number of anilines is 1. The van der Waals surface area contributed by atoms with Crippen LogP contribution in [0.3, 0.4) is 0 Å². The highest BCUT2D eigenvalue weighted by Gasteiger charge is 2.11. The molecule has 0 heterocycles. The number of ether oxygens (including phenoxy) is 1. The summed E-state index contributed by atoms with van der Waals surface area (Å²) >= 11 is 0. The Kier molecular flexibility index (Phi) is 4.61. The van der Waals surface area contributed by atoms with Gasteiger partial charge in [-0.3, -0.25) is 4.79 Å². The Morgan fingerprint density at radius 3 is 2.81 bits per heavy atom. The topological polar surface area (TPSA) is 84.6 Å². The standard InChI is InChI=1S/C15H15FN2O3/c16-14-9-11(19)4-5-13(14)15(20)18-6-7-21-12-3-1-2-10(17)8-12/h1-5,8-9,19H,6-7,17H2,(H,18,20). The molecule has 0 aliphatic rings. The molecular formula is C15H15FN2O3. The Morgan fingerprint density at radius 2 is 2.10 bits per heavy atom. The second-order valence-corrected chi connectivity index (χ2v) is 4.34. The van der Waals surface area contributed by atoms with Gasteiger partial charge in [-0.2, -0.15) is 0 Å². The molecule has 2 rings (SSSR count). The zero-order valence-corrected chi connectivity index (χ0v) is 11.2. The lowest BCUT2D eigenvalue weighted by Crippen LogP contribution is -2.28. The molecule has 6 heteroatoms. The molecule has 5 nitrogen and oxygen atoms in total. The van der Waals surface area contributed by atoms with E-state index in [4.69, 9.17) is 15.6 Å². The summed E-state index contributed by atoms with van der Waals surface area (Å²) in [5.41, 5.74) is 6.06. The van der Waals surface area contributed by atoms with Crippen molar-refractivity contribution in [3.8, 4) is 11.5 Å². The number of benzene rings is 2. The van der Waals surface area contributed by atoms with Crippen molar-refractivity contribution in [2.75, 3.05) is 18.9 Å². The number of nitrogens with two attached hydrogens (primary N) is 1. The highest BCUT2D eigenvalue weighted by Crippen LogP contribution is 2.15. The first kappa shape index (κ1) is 14.6. The molecule has 0 aromatic heterocycles. The Morgan fingerprint density at radius 1 is 1.29 bits per heavy atom. The monoisotopic (exact) mass is 290 g/mol. The van der Waals surface area contributed by atoms with Crippen LogP contribution in [0.4, 0.5) is 10.1 Å².